The number of likely N-dealkylation sites (tertiary alicyclic amines) is 1. The molecule has 1 aromatic carbocycles. The minimum atomic E-state index is -0.0405. The molecule has 1 aliphatic heterocycles. The third kappa shape index (κ3) is 3.21. The smallest absolute Gasteiger partial charge is 0.245 e. The van der Waals surface area contributed by atoms with E-state index < -0.39 is 0 Å². The van der Waals surface area contributed by atoms with Gasteiger partial charge < -0.3 is 4.90 Å². The number of carbonyl (C=O) groups is 2. The van der Waals surface area contributed by atoms with E-state index in [0.29, 0.717) is 18.8 Å². The lowest BCUT2D eigenvalue weighted by Gasteiger charge is -2.16. The predicted octanol–water partition coefficient (Wildman–Crippen LogP) is 3.01. The number of rotatable bonds is 4. The first-order chi connectivity index (χ1) is 13.2. The van der Waals surface area contributed by atoms with Crippen LogP contribution in [-0.2, 0) is 4.79 Å². The molecular weight excluding hydrogens is 340 g/mol. The SMILES string of the molecule is C=CC(=O)N1CCC(c2cc(-c3ccc(C=O)nc3)cc3cncnc23)C1. The van der Waals surface area contributed by atoms with E-state index in [1.54, 1.807) is 24.8 Å². The molecule has 6 nitrogen and oxygen atoms in total. The Kier molecular flexibility index (Phi) is 4.46. The number of aldehydes is 1. The number of amides is 1. The minimum Gasteiger partial charge on any atom is -0.339 e. The molecular formula is C21H18N4O2. The second-order valence-corrected chi connectivity index (χ2v) is 6.59. The van der Waals surface area contributed by atoms with Gasteiger partial charge in [0.05, 0.1) is 5.52 Å². The molecule has 0 radical (unpaired) electrons. The second-order valence-electron chi connectivity index (χ2n) is 6.59. The van der Waals surface area contributed by atoms with Gasteiger partial charge in [0.15, 0.2) is 6.29 Å². The Hall–Kier alpha value is -3.41. The van der Waals surface area contributed by atoms with Crippen LogP contribution in [0.25, 0.3) is 22.0 Å². The summed E-state index contributed by atoms with van der Waals surface area (Å²) in [6, 6.07) is 7.72. The van der Waals surface area contributed by atoms with Gasteiger partial charge in [-0.05, 0) is 41.8 Å². The molecule has 3 heterocycles. The van der Waals surface area contributed by atoms with E-state index in [1.165, 1.54) is 6.08 Å². The van der Waals surface area contributed by atoms with Gasteiger partial charge in [-0.2, -0.15) is 0 Å². The number of hydrogen-bond acceptors (Lipinski definition) is 5. The monoisotopic (exact) mass is 358 g/mol. The van der Waals surface area contributed by atoms with Crippen molar-refractivity contribution < 1.29 is 9.59 Å². The Morgan fingerprint density at radius 3 is 2.81 bits per heavy atom. The van der Waals surface area contributed by atoms with Crippen molar-refractivity contribution in [3.63, 3.8) is 0 Å². The van der Waals surface area contributed by atoms with Crippen molar-refractivity contribution in [2.45, 2.75) is 12.3 Å². The molecule has 2 aromatic heterocycles. The van der Waals surface area contributed by atoms with Crippen molar-refractivity contribution in [2.24, 2.45) is 0 Å². The van der Waals surface area contributed by atoms with E-state index in [4.69, 9.17) is 0 Å². The van der Waals surface area contributed by atoms with Crippen molar-refractivity contribution >= 4 is 23.1 Å². The number of nitrogens with zero attached hydrogens (tertiary/aromatic N) is 4. The molecule has 1 saturated heterocycles. The Morgan fingerprint density at radius 2 is 2.07 bits per heavy atom. The van der Waals surface area contributed by atoms with Gasteiger partial charge in [0, 0.05) is 42.4 Å². The van der Waals surface area contributed by atoms with Gasteiger partial charge in [-0.3, -0.25) is 14.6 Å². The van der Waals surface area contributed by atoms with Gasteiger partial charge in [-0.15, -0.1) is 0 Å². The Morgan fingerprint density at radius 1 is 1.19 bits per heavy atom. The number of aromatic nitrogens is 3. The average molecular weight is 358 g/mol. The molecule has 0 spiro atoms. The summed E-state index contributed by atoms with van der Waals surface area (Å²) in [5.41, 5.74) is 4.32. The highest BCUT2D eigenvalue weighted by molar-refractivity contribution is 5.89. The van der Waals surface area contributed by atoms with E-state index in [-0.39, 0.29) is 11.8 Å². The lowest BCUT2D eigenvalue weighted by Crippen LogP contribution is -2.26. The maximum absolute atomic E-state index is 11.9. The third-order valence-electron chi connectivity index (χ3n) is 4.99. The van der Waals surface area contributed by atoms with Crippen molar-refractivity contribution in [3.05, 3.63) is 66.9 Å². The van der Waals surface area contributed by atoms with Crippen LogP contribution in [0.2, 0.25) is 0 Å². The fourth-order valence-electron chi connectivity index (χ4n) is 3.60. The largest absolute Gasteiger partial charge is 0.339 e. The van der Waals surface area contributed by atoms with E-state index in [9.17, 15) is 9.59 Å². The Labute approximate surface area is 156 Å². The van der Waals surface area contributed by atoms with Gasteiger partial charge in [-0.25, -0.2) is 9.97 Å². The van der Waals surface area contributed by atoms with Crippen LogP contribution in [0.1, 0.15) is 28.4 Å². The highest BCUT2D eigenvalue weighted by Gasteiger charge is 2.28. The van der Waals surface area contributed by atoms with Crippen molar-refractivity contribution in [3.8, 4) is 11.1 Å². The maximum atomic E-state index is 11.9. The fourth-order valence-corrected chi connectivity index (χ4v) is 3.60. The zero-order valence-corrected chi connectivity index (χ0v) is 14.7. The molecule has 6 heteroatoms. The molecule has 0 bridgehead atoms. The van der Waals surface area contributed by atoms with E-state index in [1.807, 2.05) is 17.0 Å². The molecule has 0 N–H and O–H groups in total. The van der Waals surface area contributed by atoms with Gasteiger partial charge >= 0.3 is 0 Å². The molecule has 0 aliphatic carbocycles. The molecule has 3 aromatic rings. The normalized spacial score (nSPS) is 16.4. The summed E-state index contributed by atoms with van der Waals surface area (Å²) in [4.78, 5) is 37.4. The highest BCUT2D eigenvalue weighted by atomic mass is 16.2. The van der Waals surface area contributed by atoms with Crippen molar-refractivity contribution in [1.29, 1.82) is 0 Å². The summed E-state index contributed by atoms with van der Waals surface area (Å²) in [6.45, 7) is 4.94. The third-order valence-corrected chi connectivity index (χ3v) is 4.99. The number of hydrogen-bond donors (Lipinski definition) is 0. The van der Waals surface area contributed by atoms with E-state index in [2.05, 4.69) is 27.6 Å². The van der Waals surface area contributed by atoms with Crippen LogP contribution in [0.15, 0.2) is 55.6 Å². The van der Waals surface area contributed by atoms with Gasteiger partial charge in [0.1, 0.15) is 12.0 Å². The maximum Gasteiger partial charge on any atom is 0.245 e. The number of benzene rings is 1. The molecule has 1 aliphatic rings. The van der Waals surface area contributed by atoms with E-state index >= 15 is 0 Å². The standard InChI is InChI=1S/C21H18N4O2/c1-2-20(27)25-6-5-15(11-25)19-8-16(7-17-9-22-13-24-21(17)19)14-3-4-18(12-26)23-10-14/h2-4,7-10,12-13,15H,1,5-6,11H2. The number of fused-ring (bicyclic) bond motifs is 1. The first-order valence-corrected chi connectivity index (χ1v) is 8.76. The fraction of sp³-hybridized carbons (Fsp3) is 0.190. The lowest BCUT2D eigenvalue weighted by atomic mass is 9.92. The summed E-state index contributed by atoms with van der Waals surface area (Å²) < 4.78 is 0. The number of carbonyl (C=O) groups excluding carboxylic acids is 2. The second kappa shape index (κ2) is 7.07. The Balaban J connectivity index is 1.78. The van der Waals surface area contributed by atoms with Crippen LogP contribution in [0.5, 0.6) is 0 Å². The summed E-state index contributed by atoms with van der Waals surface area (Å²) in [7, 11) is 0. The van der Waals surface area contributed by atoms with E-state index in [0.717, 1.165) is 40.3 Å². The lowest BCUT2D eigenvalue weighted by molar-refractivity contribution is -0.125. The highest BCUT2D eigenvalue weighted by Crippen LogP contribution is 2.35. The number of pyridine rings is 1. The van der Waals surface area contributed by atoms with Crippen molar-refractivity contribution in [1.82, 2.24) is 19.9 Å². The zero-order chi connectivity index (χ0) is 18.8. The summed E-state index contributed by atoms with van der Waals surface area (Å²) >= 11 is 0. The van der Waals surface area contributed by atoms with Gasteiger partial charge in [0.2, 0.25) is 5.91 Å². The van der Waals surface area contributed by atoms with Gasteiger partial charge in [0.25, 0.3) is 0 Å². The predicted molar refractivity (Wildman–Crippen MR) is 102 cm³/mol. The molecule has 0 saturated carbocycles. The van der Waals surface area contributed by atoms with Crippen LogP contribution < -0.4 is 0 Å². The topological polar surface area (TPSA) is 76.1 Å². The molecule has 134 valence electrons. The summed E-state index contributed by atoms with van der Waals surface area (Å²) in [6.07, 6.45) is 8.01. The van der Waals surface area contributed by atoms with Gasteiger partial charge in [-0.1, -0.05) is 12.6 Å². The van der Waals surface area contributed by atoms with Crippen LogP contribution in [0, 0.1) is 0 Å². The molecule has 1 atom stereocenters. The Bertz CT molecular complexity index is 1030. The van der Waals surface area contributed by atoms with Crippen LogP contribution in [0.3, 0.4) is 0 Å². The van der Waals surface area contributed by atoms with Crippen LogP contribution in [-0.4, -0.2) is 45.1 Å². The molecule has 1 unspecified atom stereocenters. The quantitative estimate of drug-likeness (QED) is 0.529. The minimum absolute atomic E-state index is 0.0405. The molecule has 4 rings (SSSR count). The van der Waals surface area contributed by atoms with Crippen LogP contribution in [0.4, 0.5) is 0 Å². The summed E-state index contributed by atoms with van der Waals surface area (Å²) in [5.74, 6) is 0.162. The van der Waals surface area contributed by atoms with Crippen molar-refractivity contribution in [2.75, 3.05) is 13.1 Å². The van der Waals surface area contributed by atoms with Crippen LogP contribution >= 0.6 is 0 Å². The molecule has 1 amide bonds. The molecule has 1 fully saturated rings. The average Bonchev–Trinajstić information content (AvgIpc) is 3.22. The molecule has 27 heavy (non-hydrogen) atoms. The zero-order valence-electron chi connectivity index (χ0n) is 14.7. The summed E-state index contributed by atoms with van der Waals surface area (Å²) in [5, 5.41) is 0.943. The first-order valence-electron chi connectivity index (χ1n) is 8.76. The first kappa shape index (κ1) is 17.0.